The van der Waals surface area contributed by atoms with Crippen molar-refractivity contribution in [3.05, 3.63) is 0 Å². The van der Waals surface area contributed by atoms with Crippen molar-refractivity contribution in [2.24, 2.45) is 5.73 Å². The zero-order valence-corrected chi connectivity index (χ0v) is 6.22. The van der Waals surface area contributed by atoms with E-state index in [1.165, 1.54) is 0 Å². The van der Waals surface area contributed by atoms with Crippen LogP contribution < -0.4 is 11.1 Å². The lowest BCUT2D eigenvalue weighted by Gasteiger charge is -2.30. The molecule has 54 valence electrons. The maximum Gasteiger partial charge on any atom is 0.00682 e. The summed E-state index contributed by atoms with van der Waals surface area (Å²) in [6.07, 6.45) is 2.26. The summed E-state index contributed by atoms with van der Waals surface area (Å²) in [7, 11) is 0. The zero-order chi connectivity index (χ0) is 6.85. The molecule has 2 nitrogen and oxygen atoms in total. The van der Waals surface area contributed by atoms with E-state index in [-0.39, 0.29) is 0 Å². The van der Waals surface area contributed by atoms with E-state index in [2.05, 4.69) is 19.2 Å². The molecule has 0 radical (unpaired) electrons. The van der Waals surface area contributed by atoms with E-state index < -0.39 is 0 Å². The van der Waals surface area contributed by atoms with Crippen LogP contribution >= 0.6 is 0 Å². The quantitative estimate of drug-likeness (QED) is 0.498. The average Bonchev–Trinajstić information content (AvgIpc) is 1.59. The Morgan fingerprint density at radius 2 is 1.67 bits per heavy atom. The highest BCUT2D eigenvalue weighted by Crippen LogP contribution is 2.10. The fourth-order valence-corrected chi connectivity index (χ4v) is 1.63. The molecule has 1 rings (SSSR count). The van der Waals surface area contributed by atoms with Gasteiger partial charge in [-0.1, -0.05) is 0 Å². The van der Waals surface area contributed by atoms with Gasteiger partial charge in [0.15, 0.2) is 0 Å². The van der Waals surface area contributed by atoms with Gasteiger partial charge in [-0.2, -0.15) is 0 Å². The van der Waals surface area contributed by atoms with Crippen LogP contribution in [0.2, 0.25) is 0 Å². The predicted octanol–water partition coefficient (Wildman–Crippen LogP) is 0.474. The fraction of sp³-hybridized carbons (Fsp3) is 1.00. The van der Waals surface area contributed by atoms with E-state index in [0.29, 0.717) is 18.1 Å². The van der Waals surface area contributed by atoms with Gasteiger partial charge < -0.3 is 11.1 Å². The van der Waals surface area contributed by atoms with Gasteiger partial charge in [-0.05, 0) is 26.7 Å². The third-order valence-corrected chi connectivity index (χ3v) is 1.88. The standard InChI is InChI=1S/C7H16N2/c1-5-3-7(8)4-6(2)9-5/h5-7,9H,3-4,8H2,1-2H3/t5-,6?,7?/m1/s1. The van der Waals surface area contributed by atoms with Gasteiger partial charge in [0, 0.05) is 18.1 Å². The number of nitrogens with two attached hydrogens (primary N) is 1. The van der Waals surface area contributed by atoms with Gasteiger partial charge in [0.25, 0.3) is 0 Å². The van der Waals surface area contributed by atoms with E-state index in [1.807, 2.05) is 0 Å². The molecule has 1 aliphatic rings. The lowest BCUT2D eigenvalue weighted by atomic mass is 9.96. The van der Waals surface area contributed by atoms with Gasteiger partial charge in [0.1, 0.15) is 0 Å². The summed E-state index contributed by atoms with van der Waals surface area (Å²) in [5.41, 5.74) is 5.78. The number of hydrogen-bond donors (Lipinski definition) is 2. The first-order chi connectivity index (χ1) is 4.18. The third kappa shape index (κ3) is 1.95. The maximum atomic E-state index is 5.78. The van der Waals surface area contributed by atoms with Gasteiger partial charge in [-0.3, -0.25) is 0 Å². The molecule has 0 bridgehead atoms. The minimum Gasteiger partial charge on any atom is -0.328 e. The Kier molecular flexibility index (Phi) is 2.09. The molecule has 0 aromatic carbocycles. The first-order valence-corrected chi connectivity index (χ1v) is 3.70. The normalized spacial score (nSPS) is 45.0. The summed E-state index contributed by atoms with van der Waals surface area (Å²) in [5.74, 6) is 0. The Morgan fingerprint density at radius 3 is 2.00 bits per heavy atom. The molecule has 1 fully saturated rings. The minimum absolute atomic E-state index is 0.427. The molecule has 0 aromatic heterocycles. The Balaban J connectivity index is 2.34. The second kappa shape index (κ2) is 2.67. The van der Waals surface area contributed by atoms with Crippen molar-refractivity contribution in [1.29, 1.82) is 0 Å². The highest BCUT2D eigenvalue weighted by molar-refractivity contribution is 4.82. The highest BCUT2D eigenvalue weighted by atomic mass is 15.0. The van der Waals surface area contributed by atoms with Crippen LogP contribution in [0.3, 0.4) is 0 Å². The summed E-state index contributed by atoms with van der Waals surface area (Å²) in [4.78, 5) is 0. The third-order valence-electron chi connectivity index (χ3n) is 1.88. The molecule has 1 saturated heterocycles. The molecule has 2 unspecified atom stereocenters. The molecular formula is C7H16N2. The lowest BCUT2D eigenvalue weighted by Crippen LogP contribution is -2.47. The first kappa shape index (κ1) is 7.03. The number of hydrogen-bond acceptors (Lipinski definition) is 2. The van der Waals surface area contributed by atoms with Crippen molar-refractivity contribution < 1.29 is 0 Å². The Hall–Kier alpha value is -0.0800. The second-order valence-corrected chi connectivity index (χ2v) is 3.20. The molecule has 9 heavy (non-hydrogen) atoms. The van der Waals surface area contributed by atoms with Crippen molar-refractivity contribution in [2.75, 3.05) is 0 Å². The van der Waals surface area contributed by atoms with Crippen molar-refractivity contribution in [2.45, 2.75) is 44.8 Å². The van der Waals surface area contributed by atoms with Crippen LogP contribution in [0.25, 0.3) is 0 Å². The van der Waals surface area contributed by atoms with Crippen LogP contribution in [0.1, 0.15) is 26.7 Å². The molecule has 2 heteroatoms. The summed E-state index contributed by atoms with van der Waals surface area (Å²) in [5, 5.41) is 3.43. The zero-order valence-electron chi connectivity index (χ0n) is 6.22. The van der Waals surface area contributed by atoms with Crippen LogP contribution in [0.15, 0.2) is 0 Å². The highest BCUT2D eigenvalue weighted by Gasteiger charge is 2.19. The van der Waals surface area contributed by atoms with Crippen LogP contribution in [-0.2, 0) is 0 Å². The van der Waals surface area contributed by atoms with Crippen LogP contribution in [0.5, 0.6) is 0 Å². The van der Waals surface area contributed by atoms with Crippen molar-refractivity contribution in [1.82, 2.24) is 5.32 Å². The Bertz CT molecular complexity index is 67.9. The van der Waals surface area contributed by atoms with Gasteiger partial charge in [-0.15, -0.1) is 0 Å². The summed E-state index contributed by atoms with van der Waals surface area (Å²) in [6.45, 7) is 4.38. The molecule has 0 aromatic rings. The topological polar surface area (TPSA) is 38.0 Å². The van der Waals surface area contributed by atoms with Gasteiger partial charge in [0.2, 0.25) is 0 Å². The largest absolute Gasteiger partial charge is 0.328 e. The van der Waals surface area contributed by atoms with Crippen molar-refractivity contribution in [3.63, 3.8) is 0 Å². The van der Waals surface area contributed by atoms with Gasteiger partial charge in [-0.25, -0.2) is 0 Å². The monoisotopic (exact) mass is 128 g/mol. The SMILES string of the molecule is CC1CC(N)C[C@@H](C)N1. The van der Waals surface area contributed by atoms with Crippen LogP contribution in [0, 0.1) is 0 Å². The average molecular weight is 128 g/mol. The smallest absolute Gasteiger partial charge is 0.00682 e. The summed E-state index contributed by atoms with van der Waals surface area (Å²) >= 11 is 0. The van der Waals surface area contributed by atoms with Crippen LogP contribution in [0.4, 0.5) is 0 Å². The summed E-state index contributed by atoms with van der Waals surface area (Å²) in [6, 6.07) is 1.66. The molecule has 1 heterocycles. The molecule has 0 aliphatic carbocycles. The number of rotatable bonds is 0. The van der Waals surface area contributed by atoms with Gasteiger partial charge >= 0.3 is 0 Å². The molecule has 3 N–H and O–H groups in total. The predicted molar refractivity (Wildman–Crippen MR) is 39.3 cm³/mol. The van der Waals surface area contributed by atoms with E-state index in [4.69, 9.17) is 5.73 Å². The Labute approximate surface area is 56.8 Å². The van der Waals surface area contributed by atoms with Gasteiger partial charge in [0.05, 0.1) is 0 Å². The second-order valence-electron chi connectivity index (χ2n) is 3.20. The van der Waals surface area contributed by atoms with Crippen molar-refractivity contribution in [3.8, 4) is 0 Å². The number of piperidine rings is 1. The molecular weight excluding hydrogens is 112 g/mol. The fourth-order valence-electron chi connectivity index (χ4n) is 1.63. The van der Waals surface area contributed by atoms with E-state index in [9.17, 15) is 0 Å². The summed E-state index contributed by atoms with van der Waals surface area (Å²) < 4.78 is 0. The maximum absolute atomic E-state index is 5.78. The minimum atomic E-state index is 0.427. The molecule has 3 atom stereocenters. The van der Waals surface area contributed by atoms with Crippen molar-refractivity contribution >= 4 is 0 Å². The lowest BCUT2D eigenvalue weighted by molar-refractivity contribution is 0.317. The Morgan fingerprint density at radius 1 is 1.22 bits per heavy atom. The molecule has 0 saturated carbocycles. The first-order valence-electron chi connectivity index (χ1n) is 3.70. The molecule has 0 amide bonds. The van der Waals surface area contributed by atoms with E-state index >= 15 is 0 Å². The molecule has 1 aliphatic heterocycles. The molecule has 0 spiro atoms. The van der Waals surface area contributed by atoms with E-state index in [1.54, 1.807) is 0 Å². The van der Waals surface area contributed by atoms with Crippen LogP contribution in [-0.4, -0.2) is 18.1 Å². The number of nitrogens with one attached hydrogen (secondary N) is 1. The van der Waals surface area contributed by atoms with E-state index in [0.717, 1.165) is 12.8 Å².